The molecule has 0 radical (unpaired) electrons. The van der Waals surface area contributed by atoms with Crippen molar-refractivity contribution in [2.45, 2.75) is 96.8 Å². The van der Waals surface area contributed by atoms with Crippen LogP contribution < -0.4 is 5.73 Å². The number of aliphatic hydroxyl groups is 1. The number of nitrogens with zero attached hydrogens (tertiary/aromatic N) is 1. The molecule has 0 saturated carbocycles. The van der Waals surface area contributed by atoms with Crippen molar-refractivity contribution in [3.8, 4) is 0 Å². The van der Waals surface area contributed by atoms with Crippen molar-refractivity contribution < 1.29 is 9.90 Å². The monoisotopic (exact) mass is 368 g/mol. The third kappa shape index (κ3) is 16.6. The van der Waals surface area contributed by atoms with Gasteiger partial charge in [0.05, 0.1) is 6.61 Å². The normalized spacial score (nSPS) is 11.3. The van der Waals surface area contributed by atoms with Crippen molar-refractivity contribution in [3.05, 3.63) is 12.2 Å². The van der Waals surface area contributed by atoms with E-state index >= 15 is 0 Å². The maximum atomic E-state index is 12.0. The molecule has 0 heterocycles. The number of aliphatic hydroxyl groups excluding tert-OH is 1. The molecular weight excluding hydrogens is 324 g/mol. The maximum absolute atomic E-state index is 12.0. The van der Waals surface area contributed by atoms with Crippen LogP contribution in [0, 0.1) is 0 Å². The first-order chi connectivity index (χ1) is 12.8. The number of unbranched alkanes of at least 4 members (excludes halogenated alkanes) is 11. The minimum atomic E-state index is 0.0120. The van der Waals surface area contributed by atoms with Crippen molar-refractivity contribution in [3.63, 3.8) is 0 Å². The molecule has 0 unspecified atom stereocenters. The van der Waals surface area contributed by atoms with E-state index in [1.54, 1.807) is 4.90 Å². The predicted octanol–water partition coefficient (Wildman–Crippen LogP) is 4.80. The zero-order valence-electron chi connectivity index (χ0n) is 17.3. The standard InChI is InChI=1S/C22H44N2O2/c1-2-3-4-5-6-7-8-9-10-11-12-13-14-15-16-17-22(26)24(19-18-23)20-21-25/h9-10,25H,2-8,11-21,23H2,1H3/b10-9-. The summed E-state index contributed by atoms with van der Waals surface area (Å²) in [5.74, 6) is 0.127. The summed E-state index contributed by atoms with van der Waals surface area (Å²) in [5, 5.41) is 8.98. The van der Waals surface area contributed by atoms with E-state index in [1.807, 2.05) is 0 Å². The number of rotatable bonds is 19. The quantitative estimate of drug-likeness (QED) is 0.254. The predicted molar refractivity (Wildman–Crippen MR) is 112 cm³/mol. The highest BCUT2D eigenvalue weighted by atomic mass is 16.3. The number of hydrogen-bond acceptors (Lipinski definition) is 3. The number of allylic oxidation sites excluding steroid dienone is 2. The maximum Gasteiger partial charge on any atom is 0.222 e. The molecule has 0 aromatic heterocycles. The van der Waals surface area contributed by atoms with Crippen LogP contribution in [0.5, 0.6) is 0 Å². The molecule has 0 aromatic carbocycles. The van der Waals surface area contributed by atoms with Gasteiger partial charge < -0.3 is 15.7 Å². The van der Waals surface area contributed by atoms with E-state index in [0.717, 1.165) is 12.8 Å². The molecule has 1 amide bonds. The fourth-order valence-electron chi connectivity index (χ4n) is 3.14. The number of amides is 1. The average molecular weight is 369 g/mol. The van der Waals surface area contributed by atoms with Gasteiger partial charge in [0.25, 0.3) is 0 Å². The first-order valence-corrected chi connectivity index (χ1v) is 11.0. The van der Waals surface area contributed by atoms with Gasteiger partial charge in [-0.25, -0.2) is 0 Å². The molecule has 0 saturated heterocycles. The van der Waals surface area contributed by atoms with Gasteiger partial charge in [-0.15, -0.1) is 0 Å². The van der Waals surface area contributed by atoms with E-state index in [2.05, 4.69) is 19.1 Å². The lowest BCUT2D eigenvalue weighted by Gasteiger charge is -2.20. The Morgan fingerprint density at radius 1 is 0.846 bits per heavy atom. The van der Waals surface area contributed by atoms with Gasteiger partial charge in [-0.05, 0) is 32.1 Å². The first-order valence-electron chi connectivity index (χ1n) is 11.0. The summed E-state index contributed by atoms with van der Waals surface area (Å²) in [6.07, 6.45) is 21.7. The van der Waals surface area contributed by atoms with Gasteiger partial charge in [0, 0.05) is 26.1 Å². The molecule has 4 nitrogen and oxygen atoms in total. The Morgan fingerprint density at radius 2 is 1.38 bits per heavy atom. The highest BCUT2D eigenvalue weighted by Gasteiger charge is 2.11. The molecule has 0 aliphatic rings. The number of hydrogen-bond donors (Lipinski definition) is 2. The van der Waals surface area contributed by atoms with Gasteiger partial charge in [-0.3, -0.25) is 4.79 Å². The number of carbonyl (C=O) groups is 1. The molecule has 0 bridgehead atoms. The van der Waals surface area contributed by atoms with E-state index in [0.29, 0.717) is 26.1 Å². The second-order valence-electron chi connectivity index (χ2n) is 7.23. The Balaban J connectivity index is 3.39. The Morgan fingerprint density at radius 3 is 1.92 bits per heavy atom. The second-order valence-corrected chi connectivity index (χ2v) is 7.23. The Labute approximate surface area is 162 Å². The minimum Gasteiger partial charge on any atom is -0.395 e. The number of carbonyl (C=O) groups excluding carboxylic acids is 1. The van der Waals surface area contributed by atoms with Crippen LogP contribution >= 0.6 is 0 Å². The fraction of sp³-hybridized carbons (Fsp3) is 0.864. The molecule has 4 heteroatoms. The van der Waals surface area contributed by atoms with Gasteiger partial charge in [-0.2, -0.15) is 0 Å². The highest BCUT2D eigenvalue weighted by molar-refractivity contribution is 5.76. The molecule has 3 N–H and O–H groups in total. The van der Waals surface area contributed by atoms with Gasteiger partial charge in [-0.1, -0.05) is 70.4 Å². The van der Waals surface area contributed by atoms with Gasteiger partial charge in [0.15, 0.2) is 0 Å². The molecule has 0 fully saturated rings. The summed E-state index contributed by atoms with van der Waals surface area (Å²) < 4.78 is 0. The van der Waals surface area contributed by atoms with Crippen molar-refractivity contribution in [1.82, 2.24) is 4.90 Å². The lowest BCUT2D eigenvalue weighted by atomic mass is 10.1. The van der Waals surface area contributed by atoms with Crippen molar-refractivity contribution in [2.75, 3.05) is 26.2 Å². The molecule has 0 atom stereocenters. The summed E-state index contributed by atoms with van der Waals surface area (Å²) in [6.45, 7) is 3.68. The summed E-state index contributed by atoms with van der Waals surface area (Å²) in [5.41, 5.74) is 5.50. The van der Waals surface area contributed by atoms with E-state index in [-0.39, 0.29) is 12.5 Å². The van der Waals surface area contributed by atoms with E-state index in [1.165, 1.54) is 70.6 Å². The van der Waals surface area contributed by atoms with Crippen LogP contribution in [-0.4, -0.2) is 42.2 Å². The Bertz CT molecular complexity index is 326. The van der Waals surface area contributed by atoms with Gasteiger partial charge in [0.2, 0.25) is 5.91 Å². The molecular formula is C22H44N2O2. The lowest BCUT2D eigenvalue weighted by Crippen LogP contribution is -2.37. The third-order valence-electron chi connectivity index (χ3n) is 4.77. The molecule has 0 rings (SSSR count). The fourth-order valence-corrected chi connectivity index (χ4v) is 3.14. The average Bonchev–Trinajstić information content (AvgIpc) is 2.64. The molecule has 0 aromatic rings. The van der Waals surface area contributed by atoms with Crippen LogP contribution in [0.4, 0.5) is 0 Å². The van der Waals surface area contributed by atoms with Crippen molar-refractivity contribution in [1.29, 1.82) is 0 Å². The topological polar surface area (TPSA) is 66.6 Å². The molecule has 154 valence electrons. The van der Waals surface area contributed by atoms with Crippen LogP contribution in [0.1, 0.15) is 96.8 Å². The Kier molecular flexibility index (Phi) is 19.8. The number of nitrogens with two attached hydrogens (primary N) is 1. The Hall–Kier alpha value is -0.870. The van der Waals surface area contributed by atoms with Crippen LogP contribution in [0.15, 0.2) is 12.2 Å². The van der Waals surface area contributed by atoms with Gasteiger partial charge in [0.1, 0.15) is 0 Å². The largest absolute Gasteiger partial charge is 0.395 e. The summed E-state index contributed by atoms with van der Waals surface area (Å²) >= 11 is 0. The summed E-state index contributed by atoms with van der Waals surface area (Å²) in [7, 11) is 0. The summed E-state index contributed by atoms with van der Waals surface area (Å²) in [4.78, 5) is 13.7. The summed E-state index contributed by atoms with van der Waals surface area (Å²) in [6, 6.07) is 0. The van der Waals surface area contributed by atoms with Crippen LogP contribution in [0.3, 0.4) is 0 Å². The zero-order chi connectivity index (χ0) is 19.3. The second kappa shape index (κ2) is 20.4. The smallest absolute Gasteiger partial charge is 0.222 e. The third-order valence-corrected chi connectivity index (χ3v) is 4.77. The lowest BCUT2D eigenvalue weighted by molar-refractivity contribution is -0.131. The van der Waals surface area contributed by atoms with E-state index < -0.39 is 0 Å². The van der Waals surface area contributed by atoms with Crippen molar-refractivity contribution in [2.24, 2.45) is 5.73 Å². The minimum absolute atomic E-state index is 0.0120. The van der Waals surface area contributed by atoms with E-state index in [9.17, 15) is 4.79 Å². The molecule has 0 aliphatic heterocycles. The van der Waals surface area contributed by atoms with Crippen LogP contribution in [0.2, 0.25) is 0 Å². The van der Waals surface area contributed by atoms with Gasteiger partial charge >= 0.3 is 0 Å². The van der Waals surface area contributed by atoms with E-state index in [4.69, 9.17) is 10.8 Å². The highest BCUT2D eigenvalue weighted by Crippen LogP contribution is 2.10. The SMILES string of the molecule is CCCCCCCC/C=C\CCCCCCCC(=O)N(CCN)CCO. The molecule has 0 aliphatic carbocycles. The van der Waals surface area contributed by atoms with Crippen LogP contribution in [-0.2, 0) is 4.79 Å². The first kappa shape index (κ1) is 25.1. The molecule has 26 heavy (non-hydrogen) atoms. The molecule has 0 spiro atoms. The zero-order valence-corrected chi connectivity index (χ0v) is 17.3. The van der Waals surface area contributed by atoms with Crippen molar-refractivity contribution >= 4 is 5.91 Å². The van der Waals surface area contributed by atoms with Crippen LogP contribution in [0.25, 0.3) is 0 Å².